The largest absolute Gasteiger partial charge is 0.465 e. The molecule has 1 aromatic carbocycles. The number of nitrogens with zero attached hydrogens (tertiary/aromatic N) is 1. The van der Waals surface area contributed by atoms with Gasteiger partial charge in [0, 0.05) is 13.8 Å². The van der Waals surface area contributed by atoms with Gasteiger partial charge < -0.3 is 18.9 Å². The summed E-state index contributed by atoms with van der Waals surface area (Å²) in [5.41, 5.74) is -1.08. The van der Waals surface area contributed by atoms with Gasteiger partial charge in [0.25, 0.3) is 6.29 Å². The monoisotopic (exact) mass is 429 g/mol. The Hall–Kier alpha value is -3.53. The van der Waals surface area contributed by atoms with Crippen molar-refractivity contribution in [3.8, 4) is 0 Å². The highest BCUT2D eigenvalue weighted by molar-refractivity contribution is 6.23. The van der Waals surface area contributed by atoms with Crippen molar-refractivity contribution >= 4 is 35.4 Å². The van der Waals surface area contributed by atoms with E-state index in [2.05, 4.69) is 4.74 Å². The lowest BCUT2D eigenvalue weighted by Crippen LogP contribution is -2.52. The number of fused-ring (bicyclic) bond motifs is 5. The van der Waals surface area contributed by atoms with Crippen LogP contribution in [0.3, 0.4) is 0 Å². The summed E-state index contributed by atoms with van der Waals surface area (Å²) in [6, 6.07) is 5.80. The highest BCUT2D eigenvalue weighted by Crippen LogP contribution is 2.54. The van der Waals surface area contributed by atoms with Crippen LogP contribution in [0.25, 0.3) is 0 Å². The molecule has 0 spiro atoms. The Balaban J connectivity index is 1.69. The molecule has 3 heterocycles. The van der Waals surface area contributed by atoms with E-state index in [9.17, 15) is 24.0 Å². The van der Waals surface area contributed by atoms with Crippen LogP contribution in [0, 0.1) is 11.8 Å². The van der Waals surface area contributed by atoms with Gasteiger partial charge in [-0.25, -0.2) is 9.69 Å². The third kappa shape index (κ3) is 3.10. The van der Waals surface area contributed by atoms with Gasteiger partial charge >= 0.3 is 17.9 Å². The molecule has 2 amide bonds. The van der Waals surface area contributed by atoms with Gasteiger partial charge in [0.1, 0.15) is 0 Å². The van der Waals surface area contributed by atoms with Gasteiger partial charge in [-0.3, -0.25) is 19.2 Å². The topological polar surface area (TPSA) is 126 Å². The molecule has 0 radical (unpaired) electrons. The molecular formula is C21H19NO9. The van der Waals surface area contributed by atoms with Crippen molar-refractivity contribution in [2.75, 3.05) is 12.0 Å². The Bertz CT molecular complexity index is 998. The lowest BCUT2D eigenvalue weighted by molar-refractivity contribution is -0.226. The first-order valence-corrected chi connectivity index (χ1v) is 9.47. The number of methoxy groups -OCH3 is 1. The van der Waals surface area contributed by atoms with Crippen molar-refractivity contribution in [1.82, 2.24) is 0 Å². The second-order valence-corrected chi connectivity index (χ2v) is 7.40. The lowest BCUT2D eigenvalue weighted by Gasteiger charge is -2.34. The fourth-order valence-electron chi connectivity index (χ4n) is 4.34. The van der Waals surface area contributed by atoms with Crippen LogP contribution >= 0.6 is 0 Å². The predicted molar refractivity (Wildman–Crippen MR) is 101 cm³/mol. The molecule has 3 aliphatic rings. The molecule has 2 fully saturated rings. The predicted octanol–water partition coefficient (Wildman–Crippen LogP) is 0.738. The van der Waals surface area contributed by atoms with E-state index in [-0.39, 0.29) is 11.3 Å². The smallest absolute Gasteiger partial charge is 0.337 e. The fourth-order valence-corrected chi connectivity index (χ4v) is 4.34. The molecule has 10 heteroatoms. The molecule has 31 heavy (non-hydrogen) atoms. The number of amides is 2. The Morgan fingerprint density at radius 3 is 2.19 bits per heavy atom. The van der Waals surface area contributed by atoms with Crippen LogP contribution in [0.4, 0.5) is 5.69 Å². The molecule has 1 aromatic rings. The van der Waals surface area contributed by atoms with E-state index >= 15 is 0 Å². The number of benzene rings is 1. The molecule has 10 nitrogen and oxygen atoms in total. The quantitative estimate of drug-likeness (QED) is 0.288. The van der Waals surface area contributed by atoms with Gasteiger partial charge in [-0.05, 0) is 30.3 Å². The Labute approximate surface area is 176 Å². The van der Waals surface area contributed by atoms with E-state index in [1.165, 1.54) is 37.5 Å². The average Bonchev–Trinajstić information content (AvgIpc) is 3.37. The number of esters is 3. The summed E-state index contributed by atoms with van der Waals surface area (Å²) in [4.78, 5) is 62.4. The van der Waals surface area contributed by atoms with Crippen LogP contribution in [0.15, 0.2) is 36.4 Å². The van der Waals surface area contributed by atoms with E-state index in [1.807, 2.05) is 0 Å². The summed E-state index contributed by atoms with van der Waals surface area (Å²) in [5.74, 6) is -5.04. The number of hydrogen-bond donors (Lipinski definition) is 0. The zero-order valence-corrected chi connectivity index (χ0v) is 16.9. The van der Waals surface area contributed by atoms with Crippen molar-refractivity contribution in [3.05, 3.63) is 42.0 Å². The first-order chi connectivity index (χ1) is 14.7. The number of imide groups is 1. The average molecular weight is 429 g/mol. The fraction of sp³-hybridized carbons (Fsp3) is 0.381. The molecule has 2 bridgehead atoms. The number of carbonyl (C=O) groups is 5. The SMILES string of the molecule is COC(=O)c1ccc(N2C(=O)[C@@H]3[C@@H](C2=O)[C@@]2(C(OC(C)=O)OC(C)=O)C=C[C@H]3O2)cc1. The second kappa shape index (κ2) is 7.31. The van der Waals surface area contributed by atoms with Crippen molar-refractivity contribution in [2.45, 2.75) is 31.8 Å². The summed E-state index contributed by atoms with van der Waals surface area (Å²) in [5, 5.41) is 0. The third-order valence-corrected chi connectivity index (χ3v) is 5.54. The molecule has 0 aliphatic carbocycles. The molecular weight excluding hydrogens is 410 g/mol. The zero-order chi connectivity index (χ0) is 22.5. The second-order valence-electron chi connectivity index (χ2n) is 7.40. The molecule has 3 aliphatic heterocycles. The van der Waals surface area contributed by atoms with Crippen molar-refractivity contribution in [3.63, 3.8) is 0 Å². The maximum Gasteiger partial charge on any atom is 0.337 e. The Kier molecular flexibility index (Phi) is 4.89. The summed E-state index contributed by atoms with van der Waals surface area (Å²) >= 11 is 0. The maximum absolute atomic E-state index is 13.4. The zero-order valence-electron chi connectivity index (χ0n) is 16.9. The molecule has 0 saturated carbocycles. The van der Waals surface area contributed by atoms with Crippen LogP contribution in [0.2, 0.25) is 0 Å². The van der Waals surface area contributed by atoms with Gasteiger partial charge in [-0.1, -0.05) is 6.08 Å². The minimum absolute atomic E-state index is 0.261. The van der Waals surface area contributed by atoms with E-state index in [4.69, 9.17) is 14.2 Å². The Morgan fingerprint density at radius 2 is 1.65 bits per heavy atom. The van der Waals surface area contributed by atoms with Crippen LogP contribution in [0.1, 0.15) is 24.2 Å². The summed E-state index contributed by atoms with van der Waals surface area (Å²) < 4.78 is 20.9. The first-order valence-electron chi connectivity index (χ1n) is 9.47. The van der Waals surface area contributed by atoms with E-state index in [0.29, 0.717) is 0 Å². The highest BCUT2D eigenvalue weighted by atomic mass is 16.7. The number of ether oxygens (including phenoxy) is 4. The standard InChI is InChI=1S/C21H19NO9/c1-10(23)29-20(30-11(2)24)21-9-8-14(31-21)15-16(21)18(26)22(17(15)25)13-6-4-12(5-7-13)19(27)28-3/h4-9,14-16,20H,1-3H3/t14-,15+,16+,21-/m1/s1. The normalized spacial score (nSPS) is 28.1. The third-order valence-electron chi connectivity index (χ3n) is 5.54. The van der Waals surface area contributed by atoms with E-state index < -0.39 is 59.6 Å². The molecule has 4 atom stereocenters. The van der Waals surface area contributed by atoms with Gasteiger partial charge in [0.2, 0.25) is 11.8 Å². The molecule has 2 saturated heterocycles. The molecule has 162 valence electrons. The summed E-state index contributed by atoms with van der Waals surface area (Å²) in [6.45, 7) is 2.26. The van der Waals surface area contributed by atoms with Crippen molar-refractivity contribution < 1.29 is 42.9 Å². The van der Waals surface area contributed by atoms with Crippen LogP contribution < -0.4 is 4.90 Å². The van der Waals surface area contributed by atoms with Gasteiger partial charge in [-0.15, -0.1) is 0 Å². The lowest BCUT2D eigenvalue weighted by atomic mass is 9.76. The van der Waals surface area contributed by atoms with E-state index in [1.54, 1.807) is 6.08 Å². The molecule has 0 unspecified atom stereocenters. The number of carbonyl (C=O) groups excluding carboxylic acids is 5. The number of hydrogen-bond acceptors (Lipinski definition) is 9. The highest BCUT2D eigenvalue weighted by Gasteiger charge is 2.72. The summed E-state index contributed by atoms with van der Waals surface area (Å²) in [7, 11) is 1.25. The van der Waals surface area contributed by atoms with Gasteiger partial charge in [0.05, 0.1) is 36.3 Å². The van der Waals surface area contributed by atoms with E-state index in [0.717, 1.165) is 18.7 Å². The van der Waals surface area contributed by atoms with Crippen LogP contribution in [0.5, 0.6) is 0 Å². The van der Waals surface area contributed by atoms with Gasteiger partial charge in [-0.2, -0.15) is 0 Å². The maximum atomic E-state index is 13.4. The first kappa shape index (κ1) is 20.7. The minimum Gasteiger partial charge on any atom is -0.465 e. The van der Waals surface area contributed by atoms with Gasteiger partial charge in [0.15, 0.2) is 5.60 Å². The molecule has 0 aromatic heterocycles. The van der Waals surface area contributed by atoms with Crippen LogP contribution in [-0.4, -0.2) is 54.8 Å². The molecule has 0 N–H and O–H groups in total. The number of anilines is 1. The van der Waals surface area contributed by atoms with Crippen LogP contribution in [-0.2, 0) is 38.1 Å². The molecule has 4 rings (SSSR count). The Morgan fingerprint density at radius 1 is 1.03 bits per heavy atom. The summed E-state index contributed by atoms with van der Waals surface area (Å²) in [6.07, 6.45) is 0.826. The van der Waals surface area contributed by atoms with Crippen molar-refractivity contribution in [1.29, 1.82) is 0 Å². The van der Waals surface area contributed by atoms with Crippen molar-refractivity contribution in [2.24, 2.45) is 11.8 Å². The minimum atomic E-state index is -1.61. The number of rotatable bonds is 5.